The van der Waals surface area contributed by atoms with Crippen LogP contribution in [0.15, 0.2) is 71.6 Å². The van der Waals surface area contributed by atoms with E-state index in [1.165, 1.54) is 19.4 Å². The van der Waals surface area contributed by atoms with Crippen molar-refractivity contribution in [3.05, 3.63) is 72.4 Å². The topological polar surface area (TPSA) is 167 Å². The molecule has 0 spiro atoms. The van der Waals surface area contributed by atoms with Crippen LogP contribution in [0, 0.1) is 0 Å². The molecule has 0 fully saturated rings. The molecule has 0 radical (unpaired) electrons. The molecule has 4 N–H and O–H groups in total. The molecule has 0 saturated carbocycles. The van der Waals surface area contributed by atoms with Gasteiger partial charge in [-0.2, -0.15) is 0 Å². The van der Waals surface area contributed by atoms with Crippen LogP contribution >= 0.6 is 0 Å². The number of amides is 1. The summed E-state index contributed by atoms with van der Waals surface area (Å²) in [4.78, 5) is 34.2. The smallest absolute Gasteiger partial charge is 0.306 e. The molecule has 1 aromatic heterocycles. The lowest BCUT2D eigenvalue weighted by Crippen LogP contribution is -2.32. The molecule has 1 amide bonds. The van der Waals surface area contributed by atoms with Gasteiger partial charge in [-0.25, -0.2) is 18.5 Å². The van der Waals surface area contributed by atoms with Gasteiger partial charge in [0.2, 0.25) is 0 Å². The van der Waals surface area contributed by atoms with Crippen LogP contribution < -0.4 is 16.4 Å². The van der Waals surface area contributed by atoms with E-state index in [4.69, 9.17) is 24.7 Å². The number of benzene rings is 1. The number of aromatic nitrogens is 2. The van der Waals surface area contributed by atoms with Crippen molar-refractivity contribution in [2.24, 2.45) is 0 Å². The number of fused-ring (bicyclic) bond motifs is 15. The zero-order chi connectivity index (χ0) is 31.2. The van der Waals surface area contributed by atoms with Gasteiger partial charge in [0.05, 0.1) is 62.4 Å². The maximum Gasteiger partial charge on any atom is 0.306 e. The normalized spacial score (nSPS) is 19.3. The second-order valence-corrected chi connectivity index (χ2v) is 10.6. The van der Waals surface area contributed by atoms with Gasteiger partial charge in [0.25, 0.3) is 5.91 Å². The molecular formula is C29H38N6O7S. The van der Waals surface area contributed by atoms with Gasteiger partial charge in [0.1, 0.15) is 23.4 Å². The van der Waals surface area contributed by atoms with E-state index in [-0.39, 0.29) is 50.0 Å². The van der Waals surface area contributed by atoms with E-state index in [2.05, 4.69) is 33.8 Å². The average molecular weight is 615 g/mol. The minimum Gasteiger partial charge on any atom is -0.489 e. The molecule has 4 rings (SSSR count). The first-order valence-corrected chi connectivity index (χ1v) is 14.6. The van der Waals surface area contributed by atoms with Crippen LogP contribution in [-0.2, 0) is 34.7 Å². The van der Waals surface area contributed by atoms with Gasteiger partial charge in [-0.3, -0.25) is 9.59 Å². The Morgan fingerprint density at radius 3 is 2.58 bits per heavy atom. The number of rotatable bonds is 7. The van der Waals surface area contributed by atoms with E-state index < -0.39 is 22.9 Å². The first-order valence-electron chi connectivity index (χ1n) is 13.5. The van der Waals surface area contributed by atoms with Gasteiger partial charge < -0.3 is 35.3 Å². The highest BCUT2D eigenvalue weighted by atomic mass is 32.2. The third-order valence-corrected chi connectivity index (χ3v) is 7.64. The van der Waals surface area contributed by atoms with E-state index in [0.29, 0.717) is 53.8 Å². The Morgan fingerprint density at radius 1 is 1.21 bits per heavy atom. The maximum absolute atomic E-state index is 13.4. The molecule has 1 unspecified atom stereocenters. The number of carbonyl (C=O) groups is 2. The van der Waals surface area contributed by atoms with Crippen molar-refractivity contribution in [3.8, 4) is 11.3 Å². The number of nitrogens with zero attached hydrogens (tertiary/aromatic N) is 3. The quantitative estimate of drug-likeness (QED) is 0.306. The van der Waals surface area contributed by atoms with Crippen LogP contribution in [-0.4, -0.2) is 97.2 Å². The molecule has 13 nitrogen and oxygen atoms in total. The van der Waals surface area contributed by atoms with E-state index in [0.717, 1.165) is 0 Å². The molecule has 0 aliphatic carbocycles. The molecular weight excluding hydrogens is 576 g/mol. The van der Waals surface area contributed by atoms with Crippen LogP contribution in [0.4, 0.5) is 5.82 Å². The minimum absolute atomic E-state index is 0.0646. The number of ether oxygens (including phenoxy) is 4. The van der Waals surface area contributed by atoms with Gasteiger partial charge >= 0.3 is 5.97 Å². The summed E-state index contributed by atoms with van der Waals surface area (Å²) < 4.78 is 37.0. The number of hydrogen-bond acceptors (Lipinski definition) is 11. The number of likely N-dealkylation sites (N-methyl/N-ethyl adjacent to an activating group) is 1. The number of esters is 1. The molecule has 2 aliphatic rings. The Labute approximate surface area is 253 Å². The summed E-state index contributed by atoms with van der Waals surface area (Å²) in [6, 6.07) is 6.81. The average Bonchev–Trinajstić information content (AvgIpc) is 3.01. The number of nitrogens with two attached hydrogens (primary N) is 1. The Bertz CT molecular complexity index is 1350. The molecule has 2 aliphatic heterocycles. The van der Waals surface area contributed by atoms with Crippen molar-refractivity contribution < 1.29 is 32.7 Å². The lowest BCUT2D eigenvalue weighted by atomic mass is 10.1. The number of hydrogen-bond donors (Lipinski definition) is 3. The van der Waals surface area contributed by atoms with E-state index in [1.54, 1.807) is 35.6 Å². The van der Waals surface area contributed by atoms with Crippen LogP contribution in [0.3, 0.4) is 0 Å². The summed E-state index contributed by atoms with van der Waals surface area (Å²) in [5, 5.41) is 5.77. The van der Waals surface area contributed by atoms with E-state index in [1.807, 2.05) is 0 Å². The van der Waals surface area contributed by atoms with Crippen molar-refractivity contribution in [1.82, 2.24) is 24.9 Å². The Balaban J connectivity index is 1.95. The Morgan fingerprint density at radius 2 is 1.91 bits per heavy atom. The number of allylic oxidation sites excluding steroid dienone is 1. The number of carbonyl (C=O) groups excluding carboxylic acids is 2. The van der Waals surface area contributed by atoms with Crippen LogP contribution in [0.5, 0.6) is 0 Å². The highest BCUT2D eigenvalue weighted by molar-refractivity contribution is 7.82. The molecule has 1 aromatic carbocycles. The summed E-state index contributed by atoms with van der Waals surface area (Å²) in [5.41, 5.74) is 7.81. The summed E-state index contributed by atoms with van der Waals surface area (Å²) in [6.45, 7) is 10.1. The second-order valence-electron chi connectivity index (χ2n) is 9.13. The van der Waals surface area contributed by atoms with E-state index >= 15 is 0 Å². The molecule has 43 heavy (non-hydrogen) atoms. The van der Waals surface area contributed by atoms with Gasteiger partial charge in [0, 0.05) is 30.8 Å². The van der Waals surface area contributed by atoms with Crippen molar-refractivity contribution in [3.63, 3.8) is 0 Å². The molecule has 2 aromatic rings. The highest BCUT2D eigenvalue weighted by Crippen LogP contribution is 2.22. The largest absolute Gasteiger partial charge is 0.489 e. The highest BCUT2D eigenvalue weighted by Gasteiger charge is 2.20. The summed E-state index contributed by atoms with van der Waals surface area (Å²) in [5.74, 6) is -0.755. The van der Waals surface area contributed by atoms with Gasteiger partial charge in [0.15, 0.2) is 11.5 Å². The SMILES string of the molecule is C=C/C1=C(\C(=C)CNC)OCCOCCOCCN(CCC(=O)OC)S(=O)c2ccc(cc2)-c2cnc(N)c(n2)C(=O)N1. The standard InChI is InChI=1S/C29H38N6O7S/c1-5-23-27(20(2)18-31-3)42-17-16-41-15-14-40-13-12-35(11-10-25(36)39-4)43(38)22-8-6-21(7-9-22)24-19-32-28(30)26(33-24)29(37)34-23/h5-9,19,31H,1-2,10-18H2,3-4H3,(H2,30,32)(H,34,37)/b27-23-. The summed E-state index contributed by atoms with van der Waals surface area (Å²) in [6.07, 6.45) is 2.96. The Hall–Kier alpha value is -3.95. The molecule has 4 bridgehead atoms. The third kappa shape index (κ3) is 9.80. The zero-order valence-electron chi connectivity index (χ0n) is 24.4. The molecule has 14 heteroatoms. The molecule has 1 atom stereocenters. The summed E-state index contributed by atoms with van der Waals surface area (Å²) in [7, 11) is 1.49. The van der Waals surface area contributed by atoms with Crippen LogP contribution in [0.2, 0.25) is 0 Å². The molecule has 0 saturated heterocycles. The van der Waals surface area contributed by atoms with Crippen molar-refractivity contribution in [1.29, 1.82) is 0 Å². The third-order valence-electron chi connectivity index (χ3n) is 6.13. The predicted molar refractivity (Wildman–Crippen MR) is 162 cm³/mol. The fraction of sp³-hybridized carbons (Fsp3) is 0.379. The lowest BCUT2D eigenvalue weighted by molar-refractivity contribution is -0.140. The maximum atomic E-state index is 13.4. The van der Waals surface area contributed by atoms with Gasteiger partial charge in [-0.05, 0) is 25.3 Å². The fourth-order valence-corrected chi connectivity index (χ4v) is 5.09. The zero-order valence-corrected chi connectivity index (χ0v) is 25.2. The second kappa shape index (κ2) is 17.2. The molecule has 232 valence electrons. The van der Waals surface area contributed by atoms with Gasteiger partial charge in [-0.1, -0.05) is 25.3 Å². The van der Waals surface area contributed by atoms with Crippen molar-refractivity contribution in [2.75, 3.05) is 72.6 Å². The number of anilines is 1. The molecule has 3 heterocycles. The van der Waals surface area contributed by atoms with Crippen molar-refractivity contribution in [2.45, 2.75) is 11.3 Å². The Kier molecular flexibility index (Phi) is 13.4. The van der Waals surface area contributed by atoms with Gasteiger partial charge in [-0.15, -0.1) is 0 Å². The first kappa shape index (κ1) is 33.6. The first-order chi connectivity index (χ1) is 20.8. The summed E-state index contributed by atoms with van der Waals surface area (Å²) >= 11 is 0. The minimum atomic E-state index is -1.59. The lowest BCUT2D eigenvalue weighted by Gasteiger charge is -2.21. The fourth-order valence-electron chi connectivity index (χ4n) is 3.93. The van der Waals surface area contributed by atoms with E-state index in [9.17, 15) is 13.8 Å². The van der Waals surface area contributed by atoms with Crippen LogP contribution in [0.1, 0.15) is 16.9 Å². The number of nitrogens with one attached hydrogen (secondary N) is 2. The van der Waals surface area contributed by atoms with Crippen LogP contribution in [0.25, 0.3) is 11.3 Å². The number of nitrogen functional groups attached to an aromatic ring is 1. The predicted octanol–water partition coefficient (Wildman–Crippen LogP) is 1.58. The monoisotopic (exact) mass is 614 g/mol. The van der Waals surface area contributed by atoms with Crippen molar-refractivity contribution >= 4 is 28.7 Å². The number of methoxy groups -OCH3 is 1.